The number of nitrogens with zero attached hydrogens (tertiary/aromatic N) is 2. The Kier molecular flexibility index (Phi) is 4.85. The minimum absolute atomic E-state index is 0.00503. The monoisotopic (exact) mass is 357 g/mol. The molecule has 11 heteroatoms. The van der Waals surface area contributed by atoms with Crippen LogP contribution in [-0.4, -0.2) is 44.6 Å². The summed E-state index contributed by atoms with van der Waals surface area (Å²) in [7, 11) is -2.62. The quantitative estimate of drug-likeness (QED) is 0.443. The summed E-state index contributed by atoms with van der Waals surface area (Å²) in [5, 5.41) is 16.2. The second-order valence-corrected chi connectivity index (χ2v) is 7.02. The number of sulfonamides is 1. The Bertz CT molecular complexity index is 806. The van der Waals surface area contributed by atoms with Gasteiger partial charge in [-0.3, -0.25) is 14.9 Å². The van der Waals surface area contributed by atoms with Gasteiger partial charge in [0.05, 0.1) is 23.3 Å². The van der Waals surface area contributed by atoms with Gasteiger partial charge in [0.15, 0.2) is 0 Å². The van der Waals surface area contributed by atoms with E-state index in [-0.39, 0.29) is 30.0 Å². The number of amides is 1. The lowest BCUT2D eigenvalue weighted by atomic mass is 10.1. The van der Waals surface area contributed by atoms with Gasteiger partial charge < -0.3 is 9.64 Å². The van der Waals surface area contributed by atoms with Crippen molar-refractivity contribution in [1.29, 1.82) is 0 Å². The lowest BCUT2D eigenvalue weighted by Crippen LogP contribution is -2.28. The van der Waals surface area contributed by atoms with Gasteiger partial charge in [0, 0.05) is 24.9 Å². The van der Waals surface area contributed by atoms with E-state index in [9.17, 15) is 28.1 Å². The molecule has 1 unspecified atom stereocenters. The lowest BCUT2D eigenvalue weighted by Gasteiger charge is -2.17. The predicted octanol–water partition coefficient (Wildman–Crippen LogP) is 0.0228. The molecule has 1 aliphatic heterocycles. The van der Waals surface area contributed by atoms with Crippen molar-refractivity contribution in [3.05, 3.63) is 33.9 Å². The molecule has 1 amide bonds. The van der Waals surface area contributed by atoms with Crippen molar-refractivity contribution < 1.29 is 27.7 Å². The number of nitrogens with two attached hydrogens (primary N) is 1. The maximum atomic E-state index is 12.1. The van der Waals surface area contributed by atoms with E-state index in [0.29, 0.717) is 0 Å². The topological polar surface area (TPSA) is 150 Å². The fourth-order valence-corrected chi connectivity index (χ4v) is 3.48. The highest BCUT2D eigenvalue weighted by Gasteiger charge is 2.36. The van der Waals surface area contributed by atoms with E-state index in [1.54, 1.807) is 0 Å². The molecular weight excluding hydrogens is 342 g/mol. The van der Waals surface area contributed by atoms with E-state index in [4.69, 9.17) is 5.14 Å². The minimum Gasteiger partial charge on any atom is -0.465 e. The summed E-state index contributed by atoms with van der Waals surface area (Å²) in [5.74, 6) is -2.13. The number of esters is 1. The molecule has 1 aliphatic rings. The van der Waals surface area contributed by atoms with Crippen LogP contribution in [0.3, 0.4) is 0 Å². The number of ether oxygens (including phenoxy) is 1. The van der Waals surface area contributed by atoms with Gasteiger partial charge in [0.2, 0.25) is 15.9 Å². The van der Waals surface area contributed by atoms with Crippen molar-refractivity contribution in [2.45, 2.75) is 6.42 Å². The van der Waals surface area contributed by atoms with Crippen molar-refractivity contribution in [2.75, 3.05) is 24.3 Å². The van der Waals surface area contributed by atoms with Gasteiger partial charge in [-0.2, -0.15) is 0 Å². The van der Waals surface area contributed by atoms with Crippen LogP contribution in [0.2, 0.25) is 0 Å². The summed E-state index contributed by atoms with van der Waals surface area (Å²) >= 11 is 0. The highest BCUT2D eigenvalue weighted by atomic mass is 32.2. The van der Waals surface area contributed by atoms with Crippen molar-refractivity contribution in [3.8, 4) is 0 Å². The highest BCUT2D eigenvalue weighted by Crippen LogP contribution is 2.34. The Morgan fingerprint density at radius 3 is 2.71 bits per heavy atom. The Morgan fingerprint density at radius 2 is 2.17 bits per heavy atom. The third-order valence-electron chi connectivity index (χ3n) is 3.56. The molecule has 130 valence electrons. The molecule has 0 aromatic heterocycles. The zero-order valence-corrected chi connectivity index (χ0v) is 13.5. The highest BCUT2D eigenvalue weighted by molar-refractivity contribution is 7.89. The number of methoxy groups -OCH3 is 1. The lowest BCUT2D eigenvalue weighted by molar-refractivity contribution is -0.384. The molecular formula is C13H15N3O7S. The van der Waals surface area contributed by atoms with E-state index in [1.165, 1.54) is 12.1 Å². The van der Waals surface area contributed by atoms with Crippen LogP contribution in [0.25, 0.3) is 0 Å². The van der Waals surface area contributed by atoms with E-state index >= 15 is 0 Å². The molecule has 1 aromatic carbocycles. The second kappa shape index (κ2) is 6.53. The van der Waals surface area contributed by atoms with Gasteiger partial charge in [0.25, 0.3) is 5.69 Å². The van der Waals surface area contributed by atoms with Crippen molar-refractivity contribution in [3.63, 3.8) is 0 Å². The molecule has 2 N–H and O–H groups in total. The SMILES string of the molecule is COC(=O)c1ccc(N2CC(CS(N)(=O)=O)CC2=O)c([N+](=O)[O-])c1. The van der Waals surface area contributed by atoms with Crippen LogP contribution in [0, 0.1) is 16.0 Å². The van der Waals surface area contributed by atoms with E-state index in [1.807, 2.05) is 0 Å². The first-order chi connectivity index (χ1) is 11.1. The minimum atomic E-state index is -3.76. The molecule has 24 heavy (non-hydrogen) atoms. The molecule has 0 bridgehead atoms. The Balaban J connectivity index is 2.36. The first-order valence-corrected chi connectivity index (χ1v) is 8.51. The molecule has 1 fully saturated rings. The molecule has 1 heterocycles. The molecule has 1 saturated heterocycles. The molecule has 0 saturated carbocycles. The summed E-state index contributed by atoms with van der Waals surface area (Å²) in [6.07, 6.45) is -0.0770. The van der Waals surface area contributed by atoms with Crippen LogP contribution in [0.15, 0.2) is 18.2 Å². The van der Waals surface area contributed by atoms with E-state index < -0.39 is 38.4 Å². The predicted molar refractivity (Wildman–Crippen MR) is 82.9 cm³/mol. The molecule has 1 atom stereocenters. The van der Waals surface area contributed by atoms with Crippen LogP contribution in [0.4, 0.5) is 11.4 Å². The average Bonchev–Trinajstić information content (AvgIpc) is 2.83. The first kappa shape index (κ1) is 17.8. The third kappa shape index (κ3) is 3.86. The van der Waals surface area contributed by atoms with Gasteiger partial charge in [-0.05, 0) is 12.1 Å². The average molecular weight is 357 g/mol. The summed E-state index contributed by atoms with van der Waals surface area (Å²) < 4.78 is 26.8. The number of anilines is 1. The number of hydrogen-bond donors (Lipinski definition) is 1. The standard InChI is InChI=1S/C13H15N3O7S/c1-23-13(18)9-2-3-10(11(5-9)16(19)20)15-6-8(4-12(15)17)7-24(14,21)22/h2-3,5,8H,4,6-7H2,1H3,(H2,14,21,22). The van der Waals surface area contributed by atoms with Crippen LogP contribution in [0.5, 0.6) is 0 Å². The summed E-state index contributed by atoms with van der Waals surface area (Å²) in [6, 6.07) is 3.58. The fraction of sp³-hybridized carbons (Fsp3) is 0.385. The van der Waals surface area contributed by atoms with Gasteiger partial charge >= 0.3 is 5.97 Å². The van der Waals surface area contributed by atoms with E-state index in [0.717, 1.165) is 18.1 Å². The Labute approximate surface area is 137 Å². The summed E-state index contributed by atoms with van der Waals surface area (Å²) in [4.78, 5) is 35.3. The van der Waals surface area contributed by atoms with Crippen LogP contribution < -0.4 is 10.0 Å². The second-order valence-electron chi connectivity index (χ2n) is 5.36. The zero-order chi connectivity index (χ0) is 18.1. The molecule has 0 spiro atoms. The maximum Gasteiger partial charge on any atom is 0.338 e. The van der Waals surface area contributed by atoms with Crippen LogP contribution in [0.1, 0.15) is 16.8 Å². The van der Waals surface area contributed by atoms with E-state index in [2.05, 4.69) is 4.74 Å². The Morgan fingerprint density at radius 1 is 1.50 bits per heavy atom. The van der Waals surface area contributed by atoms with Gasteiger partial charge in [-0.15, -0.1) is 0 Å². The first-order valence-electron chi connectivity index (χ1n) is 6.80. The zero-order valence-electron chi connectivity index (χ0n) is 12.7. The number of carbonyl (C=O) groups excluding carboxylic acids is 2. The van der Waals surface area contributed by atoms with Gasteiger partial charge in [-0.25, -0.2) is 18.4 Å². The fourth-order valence-electron chi connectivity index (χ4n) is 2.60. The summed E-state index contributed by atoms with van der Waals surface area (Å²) in [6.45, 7) is -0.00628. The van der Waals surface area contributed by atoms with Gasteiger partial charge in [-0.1, -0.05) is 0 Å². The molecule has 10 nitrogen and oxygen atoms in total. The normalized spacial score (nSPS) is 17.8. The van der Waals surface area contributed by atoms with Crippen molar-refractivity contribution in [1.82, 2.24) is 0 Å². The molecule has 2 rings (SSSR count). The van der Waals surface area contributed by atoms with Crippen LogP contribution >= 0.6 is 0 Å². The number of primary sulfonamides is 1. The third-order valence-corrected chi connectivity index (χ3v) is 4.49. The summed E-state index contributed by atoms with van der Waals surface area (Å²) in [5.41, 5.74) is -0.474. The number of rotatable bonds is 5. The number of carbonyl (C=O) groups is 2. The number of benzene rings is 1. The van der Waals surface area contributed by atoms with Crippen LogP contribution in [-0.2, 0) is 19.6 Å². The van der Waals surface area contributed by atoms with Crippen molar-refractivity contribution >= 4 is 33.3 Å². The molecule has 0 radical (unpaired) electrons. The maximum absolute atomic E-state index is 12.1. The van der Waals surface area contributed by atoms with Gasteiger partial charge in [0.1, 0.15) is 5.69 Å². The largest absolute Gasteiger partial charge is 0.465 e. The number of nitro groups is 1. The smallest absolute Gasteiger partial charge is 0.338 e. The number of hydrogen-bond acceptors (Lipinski definition) is 7. The molecule has 0 aliphatic carbocycles. The Hall–Kier alpha value is -2.53. The van der Waals surface area contributed by atoms with Crippen molar-refractivity contribution in [2.24, 2.45) is 11.1 Å². The molecule has 1 aromatic rings. The number of nitro benzene ring substituents is 1.